The van der Waals surface area contributed by atoms with Crippen LogP contribution < -0.4 is 10.1 Å². The van der Waals surface area contributed by atoms with E-state index in [0.29, 0.717) is 18.2 Å². The highest BCUT2D eigenvalue weighted by Crippen LogP contribution is 2.36. The number of nitrogens with one attached hydrogen (secondary N) is 1. The first-order valence-electron chi connectivity index (χ1n) is 6.76. The topological polar surface area (TPSA) is 43.4 Å². The fraction of sp³-hybridized carbons (Fsp3) is 0.643. The van der Waals surface area contributed by atoms with Crippen LogP contribution in [0, 0.1) is 0 Å². The summed E-state index contributed by atoms with van der Waals surface area (Å²) in [6.07, 6.45) is 6.21. The first kappa shape index (κ1) is 11.8. The van der Waals surface area contributed by atoms with Crippen molar-refractivity contribution in [3.8, 4) is 5.75 Å². The number of fused-ring (bicyclic) bond motifs is 2. The van der Waals surface area contributed by atoms with Gasteiger partial charge in [0.05, 0.1) is 24.4 Å². The summed E-state index contributed by atoms with van der Waals surface area (Å²) in [5.41, 5.74) is 0. The SMILES string of the molecule is CC(C)Oc1cccnc1NC1CC2CCC1O2. The third-order valence-electron chi connectivity index (χ3n) is 3.56. The number of hydrogen-bond donors (Lipinski definition) is 1. The average Bonchev–Trinajstić information content (AvgIpc) is 2.93. The van der Waals surface area contributed by atoms with Crippen LogP contribution in [0.1, 0.15) is 33.1 Å². The Hall–Kier alpha value is -1.29. The van der Waals surface area contributed by atoms with Crippen LogP contribution in [-0.2, 0) is 4.74 Å². The van der Waals surface area contributed by atoms with Gasteiger partial charge in [-0.05, 0) is 45.2 Å². The molecule has 2 aliphatic heterocycles. The molecule has 3 atom stereocenters. The first-order valence-corrected chi connectivity index (χ1v) is 6.76. The Labute approximate surface area is 108 Å². The Morgan fingerprint density at radius 2 is 2.33 bits per heavy atom. The molecule has 2 bridgehead atoms. The van der Waals surface area contributed by atoms with Gasteiger partial charge >= 0.3 is 0 Å². The molecule has 1 N–H and O–H groups in total. The molecule has 0 aliphatic carbocycles. The number of ether oxygens (including phenoxy) is 2. The Kier molecular flexibility index (Phi) is 3.12. The molecule has 0 saturated carbocycles. The van der Waals surface area contributed by atoms with Crippen LogP contribution in [0.25, 0.3) is 0 Å². The molecule has 0 aromatic carbocycles. The maximum Gasteiger partial charge on any atom is 0.169 e. The molecule has 98 valence electrons. The second-order valence-corrected chi connectivity index (χ2v) is 5.38. The van der Waals surface area contributed by atoms with Gasteiger partial charge in [-0.25, -0.2) is 4.98 Å². The minimum atomic E-state index is 0.158. The summed E-state index contributed by atoms with van der Waals surface area (Å²) in [4.78, 5) is 4.39. The lowest BCUT2D eigenvalue weighted by molar-refractivity contribution is 0.102. The van der Waals surface area contributed by atoms with E-state index < -0.39 is 0 Å². The third-order valence-corrected chi connectivity index (χ3v) is 3.56. The number of anilines is 1. The molecule has 3 heterocycles. The number of aromatic nitrogens is 1. The number of hydrogen-bond acceptors (Lipinski definition) is 4. The fourth-order valence-corrected chi connectivity index (χ4v) is 2.81. The summed E-state index contributed by atoms with van der Waals surface area (Å²) < 4.78 is 11.6. The second-order valence-electron chi connectivity index (χ2n) is 5.38. The third kappa shape index (κ3) is 2.29. The van der Waals surface area contributed by atoms with Crippen LogP contribution >= 0.6 is 0 Å². The minimum Gasteiger partial charge on any atom is -0.487 e. The smallest absolute Gasteiger partial charge is 0.169 e. The van der Waals surface area contributed by atoms with Crippen molar-refractivity contribution in [3.63, 3.8) is 0 Å². The van der Waals surface area contributed by atoms with Gasteiger partial charge in [-0.2, -0.15) is 0 Å². The molecule has 1 aromatic rings. The number of pyridine rings is 1. The summed E-state index contributed by atoms with van der Waals surface area (Å²) in [7, 11) is 0. The Morgan fingerprint density at radius 3 is 3.00 bits per heavy atom. The monoisotopic (exact) mass is 248 g/mol. The number of rotatable bonds is 4. The standard InChI is InChI=1S/C14H20N2O2/c1-9(2)17-13-4-3-7-15-14(13)16-11-8-10-5-6-12(11)18-10/h3-4,7,9-12H,5-6,8H2,1-2H3,(H,15,16). The molecule has 3 rings (SSSR count). The summed E-state index contributed by atoms with van der Waals surface area (Å²) >= 11 is 0. The van der Waals surface area contributed by atoms with Gasteiger partial charge < -0.3 is 14.8 Å². The van der Waals surface area contributed by atoms with Gasteiger partial charge in [-0.3, -0.25) is 0 Å². The minimum absolute atomic E-state index is 0.158. The molecule has 18 heavy (non-hydrogen) atoms. The molecule has 0 amide bonds. The molecule has 4 nitrogen and oxygen atoms in total. The molecule has 2 aliphatic rings. The fourth-order valence-electron chi connectivity index (χ4n) is 2.81. The Morgan fingerprint density at radius 1 is 1.44 bits per heavy atom. The van der Waals surface area contributed by atoms with E-state index in [2.05, 4.69) is 10.3 Å². The predicted octanol–water partition coefficient (Wildman–Crippen LogP) is 2.60. The van der Waals surface area contributed by atoms with Crippen LogP contribution in [0.5, 0.6) is 5.75 Å². The van der Waals surface area contributed by atoms with Crippen LogP contribution in [0.3, 0.4) is 0 Å². The average molecular weight is 248 g/mol. The van der Waals surface area contributed by atoms with E-state index in [-0.39, 0.29) is 6.10 Å². The summed E-state index contributed by atoms with van der Waals surface area (Å²) in [5.74, 6) is 1.67. The molecular weight excluding hydrogens is 228 g/mol. The quantitative estimate of drug-likeness (QED) is 0.889. The maximum atomic E-state index is 5.85. The number of nitrogens with zero attached hydrogens (tertiary/aromatic N) is 1. The van der Waals surface area contributed by atoms with Gasteiger partial charge in [0.25, 0.3) is 0 Å². The summed E-state index contributed by atoms with van der Waals surface area (Å²) in [6.45, 7) is 4.05. The van der Waals surface area contributed by atoms with Gasteiger partial charge in [0.15, 0.2) is 11.6 Å². The van der Waals surface area contributed by atoms with Crippen LogP contribution in [0.15, 0.2) is 18.3 Å². The highest BCUT2D eigenvalue weighted by molar-refractivity contribution is 5.50. The summed E-state index contributed by atoms with van der Waals surface area (Å²) in [6, 6.07) is 4.25. The largest absolute Gasteiger partial charge is 0.487 e. The zero-order chi connectivity index (χ0) is 12.5. The van der Waals surface area contributed by atoms with Gasteiger partial charge in [0.2, 0.25) is 0 Å². The second kappa shape index (κ2) is 4.76. The van der Waals surface area contributed by atoms with Crippen molar-refractivity contribution < 1.29 is 9.47 Å². The lowest BCUT2D eigenvalue weighted by Crippen LogP contribution is -2.31. The van der Waals surface area contributed by atoms with Crippen molar-refractivity contribution in [3.05, 3.63) is 18.3 Å². The van der Waals surface area contributed by atoms with Crippen molar-refractivity contribution in [2.45, 2.75) is 57.5 Å². The molecule has 1 aromatic heterocycles. The van der Waals surface area contributed by atoms with E-state index in [1.54, 1.807) is 6.20 Å². The zero-order valence-corrected chi connectivity index (χ0v) is 10.9. The summed E-state index contributed by atoms with van der Waals surface area (Å²) in [5, 5.41) is 3.49. The molecule has 0 radical (unpaired) electrons. The van der Waals surface area contributed by atoms with E-state index in [1.165, 1.54) is 6.42 Å². The normalized spacial score (nSPS) is 29.8. The molecule has 2 saturated heterocycles. The van der Waals surface area contributed by atoms with Gasteiger partial charge in [0, 0.05) is 6.20 Å². The molecule has 3 unspecified atom stereocenters. The van der Waals surface area contributed by atoms with Crippen LogP contribution in [-0.4, -0.2) is 29.3 Å². The van der Waals surface area contributed by atoms with Crippen molar-refractivity contribution in [1.29, 1.82) is 0 Å². The Bertz CT molecular complexity index is 422. The highest BCUT2D eigenvalue weighted by atomic mass is 16.5. The van der Waals surface area contributed by atoms with Crippen LogP contribution in [0.4, 0.5) is 5.82 Å². The van der Waals surface area contributed by atoms with Gasteiger partial charge in [-0.15, -0.1) is 0 Å². The van der Waals surface area contributed by atoms with Crippen molar-refractivity contribution in [1.82, 2.24) is 4.98 Å². The van der Waals surface area contributed by atoms with Crippen molar-refractivity contribution >= 4 is 5.82 Å². The predicted molar refractivity (Wildman–Crippen MR) is 69.9 cm³/mol. The van der Waals surface area contributed by atoms with E-state index in [0.717, 1.165) is 24.4 Å². The molecule has 4 heteroatoms. The first-order chi connectivity index (χ1) is 8.72. The van der Waals surface area contributed by atoms with E-state index in [4.69, 9.17) is 9.47 Å². The zero-order valence-electron chi connectivity index (χ0n) is 10.9. The van der Waals surface area contributed by atoms with Gasteiger partial charge in [-0.1, -0.05) is 0 Å². The molecular formula is C14H20N2O2. The Balaban J connectivity index is 1.72. The maximum absolute atomic E-state index is 5.85. The lowest BCUT2D eigenvalue weighted by Gasteiger charge is -2.22. The molecule has 0 spiro atoms. The van der Waals surface area contributed by atoms with E-state index in [9.17, 15) is 0 Å². The molecule has 2 fully saturated rings. The lowest BCUT2D eigenvalue weighted by atomic mass is 9.95. The van der Waals surface area contributed by atoms with Crippen molar-refractivity contribution in [2.75, 3.05) is 5.32 Å². The highest BCUT2D eigenvalue weighted by Gasteiger charge is 2.41. The van der Waals surface area contributed by atoms with E-state index in [1.807, 2.05) is 26.0 Å². The van der Waals surface area contributed by atoms with Crippen molar-refractivity contribution in [2.24, 2.45) is 0 Å². The van der Waals surface area contributed by atoms with E-state index >= 15 is 0 Å². The van der Waals surface area contributed by atoms with Crippen LogP contribution in [0.2, 0.25) is 0 Å². The van der Waals surface area contributed by atoms with Gasteiger partial charge in [0.1, 0.15) is 0 Å².